The van der Waals surface area contributed by atoms with Crippen molar-refractivity contribution in [1.82, 2.24) is 15.3 Å². The van der Waals surface area contributed by atoms with Crippen LogP contribution in [0, 0.1) is 19.8 Å². The molecule has 3 aromatic rings. The van der Waals surface area contributed by atoms with Crippen molar-refractivity contribution < 1.29 is 22.7 Å². The standard InChI is InChI=1S/C30H36N4O5S/c1-18(2)12-24-17-39-27-16-26(28-19(3)6-5-7-20(28)4)32-30(33-27)34-40(36,37)25-14-22(21-8-10-38-11-9-21)13-23(15-25)29(35)31-24/h5-7,13-16,18,21,24H,8-12,17H2,1-4H3,(H,31,35)(H,32,33,34)/t24-/m1/s1. The van der Waals surface area contributed by atoms with E-state index in [-0.39, 0.29) is 41.2 Å². The lowest BCUT2D eigenvalue weighted by Gasteiger charge is -2.24. The summed E-state index contributed by atoms with van der Waals surface area (Å²) in [6.45, 7) is 9.48. The maximum Gasteiger partial charge on any atom is 0.264 e. The van der Waals surface area contributed by atoms with Crippen molar-refractivity contribution in [3.05, 3.63) is 64.7 Å². The summed E-state index contributed by atoms with van der Waals surface area (Å²) >= 11 is 0. The van der Waals surface area contributed by atoms with Crippen LogP contribution in [0.4, 0.5) is 5.95 Å². The maximum atomic E-state index is 13.7. The van der Waals surface area contributed by atoms with Gasteiger partial charge in [0, 0.05) is 30.4 Å². The van der Waals surface area contributed by atoms with Crippen LogP contribution in [0.3, 0.4) is 0 Å². The highest BCUT2D eigenvalue weighted by Gasteiger charge is 2.26. The SMILES string of the molecule is Cc1cccc(C)c1-c1cc2nc(n1)NS(=O)(=O)c1cc(cc(C3CCOCC3)c1)C(=O)N[C@H](CC(C)C)CO2. The zero-order valence-electron chi connectivity index (χ0n) is 23.4. The van der Waals surface area contributed by atoms with Gasteiger partial charge in [-0.15, -0.1) is 0 Å². The molecule has 3 heterocycles. The highest BCUT2D eigenvalue weighted by Crippen LogP contribution is 2.32. The predicted octanol–water partition coefficient (Wildman–Crippen LogP) is 4.99. The van der Waals surface area contributed by atoms with Gasteiger partial charge in [0.15, 0.2) is 0 Å². The molecule has 2 N–H and O–H groups in total. The third-order valence-corrected chi connectivity index (χ3v) is 8.69. The van der Waals surface area contributed by atoms with E-state index in [0.717, 1.165) is 35.1 Å². The molecule has 1 amide bonds. The van der Waals surface area contributed by atoms with Gasteiger partial charge in [0.1, 0.15) is 6.61 Å². The number of nitrogens with zero attached hydrogens (tertiary/aromatic N) is 2. The summed E-state index contributed by atoms with van der Waals surface area (Å²) in [4.78, 5) is 22.5. The van der Waals surface area contributed by atoms with Crippen LogP contribution in [-0.2, 0) is 14.8 Å². The molecule has 0 aliphatic carbocycles. The van der Waals surface area contributed by atoms with Crippen molar-refractivity contribution >= 4 is 21.9 Å². The van der Waals surface area contributed by atoms with Crippen molar-refractivity contribution in [3.8, 4) is 17.1 Å². The van der Waals surface area contributed by atoms with E-state index in [1.807, 2.05) is 32.0 Å². The summed E-state index contributed by atoms with van der Waals surface area (Å²) in [5.74, 6) is 0.181. The molecule has 1 fully saturated rings. The maximum absolute atomic E-state index is 13.7. The van der Waals surface area contributed by atoms with Crippen LogP contribution in [0.25, 0.3) is 11.3 Å². The molecule has 10 heteroatoms. The molecular weight excluding hydrogens is 528 g/mol. The number of fused-ring (bicyclic) bond motifs is 4. The zero-order chi connectivity index (χ0) is 28.4. The van der Waals surface area contributed by atoms with E-state index in [4.69, 9.17) is 9.47 Å². The number of nitrogens with one attached hydrogen (secondary N) is 2. The molecule has 212 valence electrons. The number of benzene rings is 2. The van der Waals surface area contributed by atoms with Gasteiger partial charge in [-0.3, -0.25) is 4.79 Å². The molecule has 0 saturated carbocycles. The summed E-state index contributed by atoms with van der Waals surface area (Å²) in [5, 5.41) is 3.08. The van der Waals surface area contributed by atoms with Crippen molar-refractivity contribution in [2.75, 3.05) is 24.5 Å². The summed E-state index contributed by atoms with van der Waals surface area (Å²) in [5.41, 5.74) is 4.52. The number of carbonyl (C=O) groups is 1. The second kappa shape index (κ2) is 11.5. The van der Waals surface area contributed by atoms with Gasteiger partial charge in [0.05, 0.1) is 16.6 Å². The number of hydrogen-bond acceptors (Lipinski definition) is 7. The van der Waals surface area contributed by atoms with E-state index in [1.165, 1.54) is 6.07 Å². The molecular formula is C30H36N4O5S. The predicted molar refractivity (Wildman–Crippen MR) is 153 cm³/mol. The van der Waals surface area contributed by atoms with E-state index < -0.39 is 10.0 Å². The number of carbonyl (C=O) groups excluding carboxylic acids is 1. The number of hydrogen-bond donors (Lipinski definition) is 2. The van der Waals surface area contributed by atoms with E-state index in [9.17, 15) is 13.2 Å². The highest BCUT2D eigenvalue weighted by molar-refractivity contribution is 7.92. The molecule has 9 nitrogen and oxygen atoms in total. The second-order valence-electron chi connectivity index (χ2n) is 11.1. The van der Waals surface area contributed by atoms with Crippen LogP contribution in [0.15, 0.2) is 47.4 Å². The Balaban J connectivity index is 1.64. The number of anilines is 1. The topological polar surface area (TPSA) is 120 Å². The van der Waals surface area contributed by atoms with Gasteiger partial charge in [-0.05, 0) is 79.8 Å². The van der Waals surface area contributed by atoms with Crippen LogP contribution < -0.4 is 14.8 Å². The fourth-order valence-electron chi connectivity index (χ4n) is 5.44. The van der Waals surface area contributed by atoms with Gasteiger partial charge < -0.3 is 14.8 Å². The average molecular weight is 565 g/mol. The molecule has 0 spiro atoms. The number of amides is 1. The Morgan fingerprint density at radius 2 is 1.75 bits per heavy atom. The number of aromatic nitrogens is 2. The van der Waals surface area contributed by atoms with E-state index in [1.54, 1.807) is 18.2 Å². The first-order valence-corrected chi connectivity index (χ1v) is 15.2. The van der Waals surface area contributed by atoms with Crippen LogP contribution in [0.2, 0.25) is 0 Å². The average Bonchev–Trinajstić information content (AvgIpc) is 2.91. The minimum Gasteiger partial charge on any atom is -0.475 e. The Hall–Kier alpha value is -3.50. The third kappa shape index (κ3) is 6.28. The largest absolute Gasteiger partial charge is 0.475 e. The molecule has 2 aliphatic rings. The summed E-state index contributed by atoms with van der Waals surface area (Å²) in [6, 6.07) is 12.2. The van der Waals surface area contributed by atoms with Crippen molar-refractivity contribution in [1.29, 1.82) is 0 Å². The van der Waals surface area contributed by atoms with E-state index >= 15 is 0 Å². The van der Waals surface area contributed by atoms with Crippen LogP contribution in [0.1, 0.15) is 66.1 Å². The van der Waals surface area contributed by atoms with Gasteiger partial charge in [0.25, 0.3) is 15.9 Å². The molecule has 2 aliphatic heterocycles. The van der Waals surface area contributed by atoms with Crippen molar-refractivity contribution in [2.45, 2.75) is 63.8 Å². The van der Waals surface area contributed by atoms with Crippen molar-refractivity contribution in [2.24, 2.45) is 5.92 Å². The Morgan fingerprint density at radius 1 is 1.02 bits per heavy atom. The smallest absolute Gasteiger partial charge is 0.264 e. The fourth-order valence-corrected chi connectivity index (χ4v) is 6.46. The lowest BCUT2D eigenvalue weighted by atomic mass is 9.90. The molecule has 40 heavy (non-hydrogen) atoms. The third-order valence-electron chi connectivity index (χ3n) is 7.38. The number of aryl methyl sites for hydroxylation is 2. The van der Waals surface area contributed by atoms with Crippen LogP contribution >= 0.6 is 0 Å². The van der Waals surface area contributed by atoms with Crippen LogP contribution in [0.5, 0.6) is 5.88 Å². The monoisotopic (exact) mass is 564 g/mol. The molecule has 1 atom stereocenters. The molecule has 1 aromatic heterocycles. The lowest BCUT2D eigenvalue weighted by Crippen LogP contribution is -2.40. The summed E-state index contributed by atoms with van der Waals surface area (Å²) in [7, 11) is -4.14. The van der Waals surface area contributed by atoms with Gasteiger partial charge in [-0.1, -0.05) is 32.0 Å². The highest BCUT2D eigenvalue weighted by atomic mass is 32.2. The first-order valence-electron chi connectivity index (χ1n) is 13.7. The summed E-state index contributed by atoms with van der Waals surface area (Å²) in [6.07, 6.45) is 2.19. The van der Waals surface area contributed by atoms with E-state index in [2.05, 4.69) is 33.9 Å². The quantitative estimate of drug-likeness (QED) is 0.458. The molecule has 1 saturated heterocycles. The number of ether oxygens (including phenoxy) is 2. The Bertz CT molecular complexity index is 1500. The first-order chi connectivity index (χ1) is 19.1. The lowest BCUT2D eigenvalue weighted by molar-refractivity contribution is 0.0852. The molecule has 5 rings (SSSR count). The summed E-state index contributed by atoms with van der Waals surface area (Å²) < 4.78 is 41.6. The van der Waals surface area contributed by atoms with Gasteiger partial charge >= 0.3 is 0 Å². The van der Waals surface area contributed by atoms with Crippen molar-refractivity contribution in [3.63, 3.8) is 0 Å². The normalized spacial score (nSPS) is 19.4. The molecule has 2 aromatic carbocycles. The van der Waals surface area contributed by atoms with Gasteiger partial charge in [-0.25, -0.2) is 18.1 Å². The second-order valence-corrected chi connectivity index (χ2v) is 12.8. The Kier molecular flexibility index (Phi) is 8.09. The van der Waals surface area contributed by atoms with Crippen LogP contribution in [-0.4, -0.2) is 50.2 Å². The van der Waals surface area contributed by atoms with Gasteiger partial charge in [-0.2, -0.15) is 4.98 Å². The Morgan fingerprint density at radius 3 is 2.45 bits per heavy atom. The molecule has 0 radical (unpaired) electrons. The fraction of sp³-hybridized carbons (Fsp3) is 0.433. The number of sulfonamides is 1. The molecule has 4 bridgehead atoms. The molecule has 0 unspecified atom stereocenters. The zero-order valence-corrected chi connectivity index (χ0v) is 24.2. The minimum atomic E-state index is -4.14. The minimum absolute atomic E-state index is 0.00941. The Labute approximate surface area is 235 Å². The first kappa shape index (κ1) is 28.0. The number of rotatable bonds is 4. The van der Waals surface area contributed by atoms with E-state index in [0.29, 0.717) is 36.8 Å². The van der Waals surface area contributed by atoms with Gasteiger partial charge in [0.2, 0.25) is 11.8 Å².